The zero-order valence-electron chi connectivity index (χ0n) is 11.6. The van der Waals surface area contributed by atoms with Gasteiger partial charge in [0.15, 0.2) is 5.79 Å². The number of ether oxygens (including phenoxy) is 2. The van der Waals surface area contributed by atoms with Gasteiger partial charge in [0.05, 0.1) is 13.2 Å². The van der Waals surface area contributed by atoms with Gasteiger partial charge in [0.1, 0.15) is 5.82 Å². The van der Waals surface area contributed by atoms with E-state index in [-0.39, 0.29) is 5.82 Å². The van der Waals surface area contributed by atoms with Crippen LogP contribution in [0.1, 0.15) is 19.3 Å². The van der Waals surface area contributed by atoms with Crippen LogP contribution in [0.3, 0.4) is 0 Å². The molecule has 1 heterocycles. The maximum atomic E-state index is 13.3. The Morgan fingerprint density at radius 2 is 2.15 bits per heavy atom. The number of hydrogen-bond acceptors (Lipinski definition) is 4. The average molecular weight is 297 g/mol. The molecule has 3 rings (SSSR count). The highest BCUT2D eigenvalue weighted by Crippen LogP contribution is 2.42. The van der Waals surface area contributed by atoms with Crippen molar-refractivity contribution in [3.05, 3.63) is 30.1 Å². The number of nitrogens with one attached hydrogen (secondary N) is 1. The van der Waals surface area contributed by atoms with Gasteiger partial charge in [-0.1, -0.05) is 6.07 Å². The molecule has 5 heteroatoms. The van der Waals surface area contributed by atoms with Crippen molar-refractivity contribution in [2.24, 2.45) is 0 Å². The highest BCUT2D eigenvalue weighted by molar-refractivity contribution is 8.00. The number of benzene rings is 1. The van der Waals surface area contributed by atoms with Gasteiger partial charge in [-0.05, 0) is 31.7 Å². The quantitative estimate of drug-likeness (QED) is 0.929. The first-order chi connectivity index (χ1) is 9.71. The van der Waals surface area contributed by atoms with Gasteiger partial charge in [-0.3, -0.25) is 0 Å². The van der Waals surface area contributed by atoms with E-state index in [1.165, 1.54) is 6.07 Å². The van der Waals surface area contributed by atoms with E-state index in [4.69, 9.17) is 9.47 Å². The Morgan fingerprint density at radius 3 is 2.85 bits per heavy atom. The molecule has 0 radical (unpaired) electrons. The Morgan fingerprint density at radius 1 is 1.35 bits per heavy atom. The van der Waals surface area contributed by atoms with E-state index in [9.17, 15) is 4.39 Å². The SMILES string of the molecule is CNC1CCC2(CC1Sc1cccc(F)c1)OCCO2. The van der Waals surface area contributed by atoms with Crippen LogP contribution in [-0.2, 0) is 9.47 Å². The summed E-state index contributed by atoms with van der Waals surface area (Å²) >= 11 is 1.71. The van der Waals surface area contributed by atoms with Crippen molar-refractivity contribution in [1.82, 2.24) is 5.32 Å². The van der Waals surface area contributed by atoms with Gasteiger partial charge in [0.2, 0.25) is 0 Å². The van der Waals surface area contributed by atoms with Gasteiger partial charge in [-0.15, -0.1) is 11.8 Å². The van der Waals surface area contributed by atoms with Crippen LogP contribution >= 0.6 is 11.8 Å². The normalized spacial score (nSPS) is 28.9. The van der Waals surface area contributed by atoms with Crippen LogP contribution in [0.15, 0.2) is 29.2 Å². The molecule has 1 saturated carbocycles. The third-order valence-electron chi connectivity index (χ3n) is 4.07. The second kappa shape index (κ2) is 6.02. The summed E-state index contributed by atoms with van der Waals surface area (Å²) in [4.78, 5) is 0.963. The lowest BCUT2D eigenvalue weighted by Gasteiger charge is -2.40. The molecule has 2 fully saturated rings. The molecule has 110 valence electrons. The minimum Gasteiger partial charge on any atom is -0.347 e. The van der Waals surface area contributed by atoms with Crippen molar-refractivity contribution >= 4 is 11.8 Å². The van der Waals surface area contributed by atoms with Gasteiger partial charge in [-0.2, -0.15) is 0 Å². The molecule has 3 nitrogen and oxygen atoms in total. The predicted octanol–water partition coefficient (Wildman–Crippen LogP) is 2.80. The lowest BCUT2D eigenvalue weighted by Crippen LogP contribution is -2.48. The van der Waals surface area contributed by atoms with Crippen molar-refractivity contribution in [3.63, 3.8) is 0 Å². The molecule has 1 aliphatic heterocycles. The van der Waals surface area contributed by atoms with Crippen LogP contribution in [0, 0.1) is 5.82 Å². The van der Waals surface area contributed by atoms with Crippen LogP contribution < -0.4 is 5.32 Å². The van der Waals surface area contributed by atoms with Crippen LogP contribution in [0.4, 0.5) is 4.39 Å². The first-order valence-corrected chi connectivity index (χ1v) is 7.96. The van der Waals surface area contributed by atoms with E-state index in [0.29, 0.717) is 24.5 Å². The Labute approximate surface area is 123 Å². The zero-order chi connectivity index (χ0) is 14.0. The van der Waals surface area contributed by atoms with Crippen LogP contribution in [0.5, 0.6) is 0 Å². The number of thioether (sulfide) groups is 1. The Hall–Kier alpha value is -0.620. The monoisotopic (exact) mass is 297 g/mol. The summed E-state index contributed by atoms with van der Waals surface area (Å²) in [5, 5.41) is 3.70. The lowest BCUT2D eigenvalue weighted by atomic mass is 9.89. The zero-order valence-corrected chi connectivity index (χ0v) is 12.4. The molecule has 1 aliphatic carbocycles. The molecule has 0 bridgehead atoms. The van der Waals surface area contributed by atoms with E-state index >= 15 is 0 Å². The molecule has 0 amide bonds. The smallest absolute Gasteiger partial charge is 0.169 e. The summed E-state index contributed by atoms with van der Waals surface area (Å²) in [6.07, 6.45) is 2.79. The standard InChI is InChI=1S/C15H20FNO2S/c1-17-13-5-6-15(18-7-8-19-15)10-14(13)20-12-4-2-3-11(16)9-12/h2-4,9,13-14,17H,5-8,10H2,1H3. The minimum atomic E-state index is -0.404. The first-order valence-electron chi connectivity index (χ1n) is 7.08. The molecule has 2 atom stereocenters. The molecule has 1 aromatic carbocycles. The predicted molar refractivity (Wildman–Crippen MR) is 77.4 cm³/mol. The van der Waals surface area contributed by atoms with Crippen molar-refractivity contribution in [2.75, 3.05) is 20.3 Å². The van der Waals surface area contributed by atoms with Gasteiger partial charge in [0, 0.05) is 29.0 Å². The third-order valence-corrected chi connectivity index (χ3v) is 5.39. The lowest BCUT2D eigenvalue weighted by molar-refractivity contribution is -0.177. The molecular formula is C15H20FNO2S. The summed E-state index contributed by atoms with van der Waals surface area (Å²) in [6, 6.07) is 7.19. The van der Waals surface area contributed by atoms with Crippen molar-refractivity contribution < 1.29 is 13.9 Å². The maximum absolute atomic E-state index is 13.3. The fourth-order valence-electron chi connectivity index (χ4n) is 3.04. The van der Waals surface area contributed by atoms with Crippen molar-refractivity contribution in [3.8, 4) is 0 Å². The van der Waals surface area contributed by atoms with Crippen molar-refractivity contribution in [2.45, 2.75) is 41.2 Å². The Balaban J connectivity index is 1.74. The Kier molecular flexibility index (Phi) is 4.31. The highest BCUT2D eigenvalue weighted by atomic mass is 32.2. The molecule has 2 aliphatic rings. The van der Waals surface area contributed by atoms with E-state index in [2.05, 4.69) is 5.32 Å². The van der Waals surface area contributed by atoms with Gasteiger partial charge in [0.25, 0.3) is 0 Å². The van der Waals surface area contributed by atoms with E-state index < -0.39 is 5.79 Å². The molecule has 20 heavy (non-hydrogen) atoms. The second-order valence-corrected chi connectivity index (χ2v) is 6.67. The van der Waals surface area contributed by atoms with Gasteiger partial charge >= 0.3 is 0 Å². The molecule has 1 spiro atoms. The third kappa shape index (κ3) is 3.01. The minimum absolute atomic E-state index is 0.185. The first kappa shape index (κ1) is 14.3. The van der Waals surface area contributed by atoms with Crippen LogP contribution in [-0.4, -0.2) is 37.3 Å². The molecule has 2 unspecified atom stereocenters. The molecule has 0 aromatic heterocycles. The number of hydrogen-bond donors (Lipinski definition) is 1. The largest absolute Gasteiger partial charge is 0.347 e. The fourth-order valence-corrected chi connectivity index (χ4v) is 4.50. The van der Waals surface area contributed by atoms with E-state index in [1.54, 1.807) is 23.9 Å². The summed E-state index contributed by atoms with van der Waals surface area (Å²) in [7, 11) is 1.98. The number of rotatable bonds is 3. The van der Waals surface area contributed by atoms with E-state index in [0.717, 1.165) is 24.2 Å². The molecular weight excluding hydrogens is 277 g/mol. The molecule has 1 N–H and O–H groups in total. The summed E-state index contributed by atoms with van der Waals surface area (Å²) in [5.41, 5.74) is 0. The maximum Gasteiger partial charge on any atom is 0.169 e. The van der Waals surface area contributed by atoms with Crippen LogP contribution in [0.25, 0.3) is 0 Å². The van der Waals surface area contributed by atoms with Crippen LogP contribution in [0.2, 0.25) is 0 Å². The highest BCUT2D eigenvalue weighted by Gasteiger charge is 2.45. The summed E-state index contributed by atoms with van der Waals surface area (Å²) < 4.78 is 25.0. The van der Waals surface area contributed by atoms with Gasteiger partial charge < -0.3 is 14.8 Å². The second-order valence-electron chi connectivity index (χ2n) is 5.36. The molecule has 1 saturated heterocycles. The fraction of sp³-hybridized carbons (Fsp3) is 0.600. The summed E-state index contributed by atoms with van der Waals surface area (Å²) in [6.45, 7) is 1.36. The summed E-state index contributed by atoms with van der Waals surface area (Å²) in [5.74, 6) is -0.590. The van der Waals surface area contributed by atoms with Gasteiger partial charge in [-0.25, -0.2) is 4.39 Å². The molecule has 1 aromatic rings. The number of halogens is 1. The average Bonchev–Trinajstić information content (AvgIpc) is 2.87. The van der Waals surface area contributed by atoms with Crippen molar-refractivity contribution in [1.29, 1.82) is 0 Å². The van der Waals surface area contributed by atoms with E-state index in [1.807, 2.05) is 13.1 Å². The topological polar surface area (TPSA) is 30.5 Å². The Bertz CT molecular complexity index is 465.